The molecule has 1 N–H and O–H groups in total. The molecule has 0 bridgehead atoms. The Bertz CT molecular complexity index is 866. The number of aromatic nitrogens is 2. The molecule has 1 unspecified atom stereocenters. The van der Waals surface area contributed by atoms with Gasteiger partial charge in [-0.2, -0.15) is 5.10 Å². The largest absolute Gasteiger partial charge is 0.332 e. The maximum absolute atomic E-state index is 14.0. The van der Waals surface area contributed by atoms with Crippen molar-refractivity contribution in [2.24, 2.45) is 0 Å². The average Bonchev–Trinajstić information content (AvgIpc) is 3.35. The zero-order chi connectivity index (χ0) is 18.3. The van der Waals surface area contributed by atoms with Gasteiger partial charge < -0.3 is 4.90 Å². The molecule has 5 heteroatoms. The molecule has 1 amide bonds. The van der Waals surface area contributed by atoms with Crippen molar-refractivity contribution >= 4 is 12.0 Å². The van der Waals surface area contributed by atoms with Crippen LogP contribution >= 0.6 is 0 Å². The van der Waals surface area contributed by atoms with Gasteiger partial charge in [0.25, 0.3) is 5.91 Å². The summed E-state index contributed by atoms with van der Waals surface area (Å²) in [5, 5.41) is 7.20. The molecule has 1 aromatic heterocycles. The van der Waals surface area contributed by atoms with Gasteiger partial charge in [-0.15, -0.1) is 0 Å². The van der Waals surface area contributed by atoms with Crippen molar-refractivity contribution in [1.29, 1.82) is 0 Å². The predicted octanol–water partition coefficient (Wildman–Crippen LogP) is 4.05. The highest BCUT2D eigenvalue weighted by molar-refractivity contribution is 5.99. The number of benzene rings is 1. The molecule has 0 radical (unpaired) electrons. The lowest BCUT2D eigenvalue weighted by Crippen LogP contribution is -2.45. The molecular formula is C21H24FN3O. The van der Waals surface area contributed by atoms with Gasteiger partial charge >= 0.3 is 0 Å². The van der Waals surface area contributed by atoms with Crippen LogP contribution in [0, 0.1) is 12.7 Å². The monoisotopic (exact) mass is 353 g/mol. The summed E-state index contributed by atoms with van der Waals surface area (Å²) in [5.41, 5.74) is 4.24. The van der Waals surface area contributed by atoms with Gasteiger partial charge in [0, 0.05) is 23.3 Å². The van der Waals surface area contributed by atoms with Gasteiger partial charge in [0.1, 0.15) is 5.82 Å². The third-order valence-electron chi connectivity index (χ3n) is 5.57. The predicted molar refractivity (Wildman–Crippen MR) is 99.4 cm³/mol. The van der Waals surface area contributed by atoms with Gasteiger partial charge in [-0.05, 0) is 74.8 Å². The Morgan fingerprint density at radius 2 is 2.12 bits per heavy atom. The van der Waals surface area contributed by atoms with E-state index in [4.69, 9.17) is 0 Å². The number of hydrogen-bond donors (Lipinski definition) is 1. The molecule has 1 heterocycles. The molecule has 1 atom stereocenters. The number of amides is 1. The second-order valence-electron chi connectivity index (χ2n) is 7.35. The van der Waals surface area contributed by atoms with Crippen LogP contribution in [0.2, 0.25) is 0 Å². The number of rotatable bonds is 4. The molecule has 0 spiro atoms. The minimum absolute atomic E-state index is 0.0284. The third kappa shape index (κ3) is 2.96. The molecule has 2 aliphatic carbocycles. The van der Waals surface area contributed by atoms with Gasteiger partial charge in [0.05, 0.1) is 6.20 Å². The van der Waals surface area contributed by atoms with Gasteiger partial charge in [0.15, 0.2) is 0 Å². The maximum Gasteiger partial charge on any atom is 0.254 e. The molecule has 0 saturated heterocycles. The van der Waals surface area contributed by atoms with Crippen LogP contribution in [0.4, 0.5) is 4.39 Å². The van der Waals surface area contributed by atoms with E-state index >= 15 is 0 Å². The first-order chi connectivity index (χ1) is 12.6. The van der Waals surface area contributed by atoms with Crippen LogP contribution < -0.4 is 0 Å². The molecule has 1 saturated carbocycles. The molecule has 1 aromatic carbocycles. The lowest BCUT2D eigenvalue weighted by atomic mass is 9.91. The maximum atomic E-state index is 14.0. The number of carbonyl (C=O) groups excluding carboxylic acids is 1. The molecule has 4 nitrogen and oxygen atoms in total. The summed E-state index contributed by atoms with van der Waals surface area (Å²) in [5.74, 6) is -0.242. The van der Waals surface area contributed by atoms with E-state index in [-0.39, 0.29) is 17.8 Å². The first kappa shape index (κ1) is 17.0. The highest BCUT2D eigenvalue weighted by Gasteiger charge is 2.39. The molecule has 2 aromatic rings. The molecule has 1 fully saturated rings. The number of halogens is 1. The zero-order valence-electron chi connectivity index (χ0n) is 15.3. The number of nitrogens with zero attached hydrogens (tertiary/aromatic N) is 2. The third-order valence-corrected chi connectivity index (χ3v) is 5.57. The number of nitrogens with one attached hydrogen (secondary N) is 1. The summed E-state index contributed by atoms with van der Waals surface area (Å²) in [7, 11) is 0. The van der Waals surface area contributed by atoms with Gasteiger partial charge in [0.2, 0.25) is 0 Å². The molecule has 26 heavy (non-hydrogen) atoms. The molecular weight excluding hydrogens is 329 g/mol. The Balaban J connectivity index is 1.68. The summed E-state index contributed by atoms with van der Waals surface area (Å²) in [6, 6.07) is 3.55. The summed E-state index contributed by atoms with van der Waals surface area (Å²) < 4.78 is 14.0. The van der Waals surface area contributed by atoms with Crippen molar-refractivity contribution in [2.75, 3.05) is 0 Å². The summed E-state index contributed by atoms with van der Waals surface area (Å²) in [4.78, 5) is 15.5. The Kier molecular flexibility index (Phi) is 4.39. The van der Waals surface area contributed by atoms with E-state index in [1.165, 1.54) is 17.3 Å². The van der Waals surface area contributed by atoms with E-state index in [1.807, 2.05) is 25.3 Å². The van der Waals surface area contributed by atoms with E-state index in [1.54, 1.807) is 13.0 Å². The Hall–Kier alpha value is -2.43. The van der Waals surface area contributed by atoms with Gasteiger partial charge in [-0.25, -0.2) is 4.39 Å². The number of allylic oxidation sites excluding steroid dienone is 1. The quantitative estimate of drug-likeness (QED) is 0.901. The van der Waals surface area contributed by atoms with Crippen LogP contribution in [0.5, 0.6) is 0 Å². The summed E-state index contributed by atoms with van der Waals surface area (Å²) >= 11 is 0. The van der Waals surface area contributed by atoms with Gasteiger partial charge in [-0.1, -0.05) is 12.2 Å². The number of fused-ring (bicyclic) bond motifs is 1. The van der Waals surface area contributed by atoms with E-state index in [9.17, 15) is 9.18 Å². The highest BCUT2D eigenvalue weighted by Crippen LogP contribution is 2.35. The van der Waals surface area contributed by atoms with Crippen molar-refractivity contribution < 1.29 is 9.18 Å². The number of carbonyl (C=O) groups is 1. The average molecular weight is 353 g/mol. The van der Waals surface area contributed by atoms with Crippen LogP contribution in [-0.4, -0.2) is 33.1 Å². The number of aryl methyl sites for hydroxylation is 1. The van der Waals surface area contributed by atoms with Crippen molar-refractivity contribution in [2.45, 2.75) is 58.0 Å². The van der Waals surface area contributed by atoms with Gasteiger partial charge in [-0.3, -0.25) is 9.89 Å². The standard InChI is InChI=1S/C21H24FN3O/c1-3-4-17-13(2)19(22)9-8-18(17)21(26)25(15-5-6-15)16-7-10-20-14(11-16)12-23-24-20/h3-4,8-9,12,15-16H,5-7,10-11H2,1-2H3,(H,23,24)/b4-3-. The van der Waals surface area contributed by atoms with E-state index < -0.39 is 0 Å². The Labute approximate surface area is 153 Å². The summed E-state index contributed by atoms with van der Waals surface area (Å²) in [6.07, 6.45) is 10.4. The van der Waals surface area contributed by atoms with Crippen molar-refractivity contribution in [3.8, 4) is 0 Å². The van der Waals surface area contributed by atoms with Crippen LogP contribution in [0.3, 0.4) is 0 Å². The SMILES string of the molecule is C/C=C\c1c(C(=O)N(C2CC2)C2CCc3[nH]ncc3C2)ccc(F)c1C. The second kappa shape index (κ2) is 6.71. The summed E-state index contributed by atoms with van der Waals surface area (Å²) in [6.45, 7) is 3.63. The fourth-order valence-electron chi connectivity index (χ4n) is 4.03. The molecule has 0 aliphatic heterocycles. The fourth-order valence-corrected chi connectivity index (χ4v) is 4.03. The number of aromatic amines is 1. The first-order valence-electron chi connectivity index (χ1n) is 9.35. The van der Waals surface area contributed by atoms with E-state index in [0.29, 0.717) is 22.7 Å². The second-order valence-corrected chi connectivity index (χ2v) is 7.35. The van der Waals surface area contributed by atoms with E-state index in [0.717, 1.165) is 32.1 Å². The Morgan fingerprint density at radius 3 is 2.85 bits per heavy atom. The lowest BCUT2D eigenvalue weighted by Gasteiger charge is -2.35. The first-order valence-corrected chi connectivity index (χ1v) is 9.35. The van der Waals surface area contributed by atoms with Crippen molar-refractivity contribution in [3.63, 3.8) is 0 Å². The smallest absolute Gasteiger partial charge is 0.254 e. The number of H-pyrrole nitrogens is 1. The van der Waals surface area contributed by atoms with Crippen molar-refractivity contribution in [1.82, 2.24) is 15.1 Å². The van der Waals surface area contributed by atoms with Crippen molar-refractivity contribution in [3.05, 3.63) is 58.2 Å². The highest BCUT2D eigenvalue weighted by atomic mass is 19.1. The fraction of sp³-hybridized carbons (Fsp3) is 0.429. The van der Waals surface area contributed by atoms with Crippen LogP contribution in [0.15, 0.2) is 24.4 Å². The van der Waals surface area contributed by atoms with Crippen LogP contribution in [0.25, 0.3) is 6.08 Å². The Morgan fingerprint density at radius 1 is 1.31 bits per heavy atom. The molecule has 136 valence electrons. The zero-order valence-corrected chi connectivity index (χ0v) is 15.3. The minimum atomic E-state index is -0.270. The number of hydrogen-bond acceptors (Lipinski definition) is 2. The normalized spacial score (nSPS) is 19.6. The molecule has 2 aliphatic rings. The van der Waals surface area contributed by atoms with Crippen LogP contribution in [0.1, 0.15) is 58.9 Å². The van der Waals surface area contributed by atoms with Crippen LogP contribution in [-0.2, 0) is 12.8 Å². The lowest BCUT2D eigenvalue weighted by molar-refractivity contribution is 0.0642. The van der Waals surface area contributed by atoms with E-state index in [2.05, 4.69) is 15.1 Å². The molecule has 4 rings (SSSR count). The topological polar surface area (TPSA) is 49.0 Å². The minimum Gasteiger partial charge on any atom is -0.332 e.